The molecule has 6 heteroatoms. The molecule has 0 heterocycles. The van der Waals surface area contributed by atoms with E-state index < -0.39 is 4.92 Å². The zero-order valence-electron chi connectivity index (χ0n) is 12.9. The first-order valence-corrected chi connectivity index (χ1v) is 7.13. The highest BCUT2D eigenvalue weighted by molar-refractivity contribution is 5.97. The van der Waals surface area contributed by atoms with E-state index in [9.17, 15) is 14.9 Å². The summed E-state index contributed by atoms with van der Waals surface area (Å²) in [5, 5.41) is 11.3. The van der Waals surface area contributed by atoms with Gasteiger partial charge in [-0.2, -0.15) is 0 Å². The van der Waals surface area contributed by atoms with Crippen LogP contribution in [-0.2, 0) is 6.61 Å². The van der Waals surface area contributed by atoms with Crippen LogP contribution >= 0.6 is 0 Å². The molecule has 0 saturated carbocycles. The number of ether oxygens (including phenoxy) is 2. The number of hydrogen-bond donors (Lipinski definition) is 0. The van der Waals surface area contributed by atoms with Gasteiger partial charge in [0.1, 0.15) is 6.61 Å². The number of nitrogens with zero attached hydrogens (tertiary/aromatic N) is 1. The fourth-order valence-electron chi connectivity index (χ4n) is 2.11. The summed E-state index contributed by atoms with van der Waals surface area (Å²) in [6.45, 7) is 1.86. The molecule has 2 aromatic carbocycles. The second-order valence-corrected chi connectivity index (χ2v) is 4.83. The quantitative estimate of drug-likeness (QED) is 0.441. The smallest absolute Gasteiger partial charge is 0.315 e. The summed E-state index contributed by atoms with van der Waals surface area (Å²) >= 11 is 0. The van der Waals surface area contributed by atoms with Gasteiger partial charge in [-0.25, -0.2) is 0 Å². The SMILES string of the molecule is CCC(=O)c1cc(OC)c(OCc2ccccc2)c([N+](=O)[O-])c1. The number of Topliss-reactive ketones (excluding diaryl/α,β-unsaturated/α-hetero) is 1. The third-order valence-electron chi connectivity index (χ3n) is 3.32. The van der Waals surface area contributed by atoms with Crippen molar-refractivity contribution in [2.45, 2.75) is 20.0 Å². The molecule has 0 atom stereocenters. The Morgan fingerprint density at radius 3 is 2.48 bits per heavy atom. The number of rotatable bonds is 7. The first-order valence-electron chi connectivity index (χ1n) is 7.13. The van der Waals surface area contributed by atoms with Crippen LogP contribution < -0.4 is 9.47 Å². The zero-order valence-corrected chi connectivity index (χ0v) is 12.9. The van der Waals surface area contributed by atoms with E-state index in [0.717, 1.165) is 5.56 Å². The molecule has 0 radical (unpaired) electrons. The lowest BCUT2D eigenvalue weighted by Gasteiger charge is -2.12. The summed E-state index contributed by atoms with van der Waals surface area (Å²) in [6, 6.07) is 12.0. The fourth-order valence-corrected chi connectivity index (χ4v) is 2.11. The minimum absolute atomic E-state index is 0.0222. The van der Waals surface area contributed by atoms with Crippen molar-refractivity contribution in [3.05, 3.63) is 63.7 Å². The van der Waals surface area contributed by atoms with Gasteiger partial charge in [0.25, 0.3) is 0 Å². The number of benzene rings is 2. The molecular weight excluding hydrogens is 298 g/mol. The zero-order chi connectivity index (χ0) is 16.8. The number of carbonyl (C=O) groups excluding carboxylic acids is 1. The Labute approximate surface area is 133 Å². The molecule has 2 aromatic rings. The van der Waals surface area contributed by atoms with Crippen molar-refractivity contribution < 1.29 is 19.2 Å². The van der Waals surface area contributed by atoms with Crippen molar-refractivity contribution in [2.24, 2.45) is 0 Å². The van der Waals surface area contributed by atoms with Crippen LogP contribution in [-0.4, -0.2) is 17.8 Å². The Balaban J connectivity index is 2.40. The summed E-state index contributed by atoms with van der Waals surface area (Å²) in [7, 11) is 1.38. The standard InChI is InChI=1S/C17H17NO5/c1-3-15(19)13-9-14(18(20)21)17(16(10-13)22-2)23-11-12-7-5-4-6-8-12/h4-10H,3,11H2,1-2H3. The van der Waals surface area contributed by atoms with Crippen molar-refractivity contribution in [2.75, 3.05) is 7.11 Å². The Bertz CT molecular complexity index is 712. The molecule has 0 unspecified atom stereocenters. The molecule has 23 heavy (non-hydrogen) atoms. The summed E-state index contributed by atoms with van der Waals surface area (Å²) < 4.78 is 10.8. The van der Waals surface area contributed by atoms with Crippen LogP contribution in [0.15, 0.2) is 42.5 Å². The summed E-state index contributed by atoms with van der Waals surface area (Å²) in [5.41, 5.74) is 0.831. The minimum atomic E-state index is -0.574. The van der Waals surface area contributed by atoms with Crippen molar-refractivity contribution in [1.29, 1.82) is 0 Å². The van der Waals surface area contributed by atoms with Gasteiger partial charge in [-0.05, 0) is 11.6 Å². The Kier molecular flexibility index (Phi) is 5.30. The summed E-state index contributed by atoms with van der Waals surface area (Å²) in [4.78, 5) is 22.6. The lowest BCUT2D eigenvalue weighted by atomic mass is 10.1. The molecule has 0 fully saturated rings. The third kappa shape index (κ3) is 3.85. The minimum Gasteiger partial charge on any atom is -0.493 e. The predicted octanol–water partition coefficient (Wildman–Crippen LogP) is 3.78. The van der Waals surface area contributed by atoms with Crippen molar-refractivity contribution >= 4 is 11.5 Å². The van der Waals surface area contributed by atoms with E-state index in [4.69, 9.17) is 9.47 Å². The molecular formula is C17H17NO5. The van der Waals surface area contributed by atoms with E-state index in [0.29, 0.717) is 0 Å². The molecule has 0 spiro atoms. The molecule has 120 valence electrons. The second kappa shape index (κ2) is 7.40. The highest BCUT2D eigenvalue weighted by Gasteiger charge is 2.24. The topological polar surface area (TPSA) is 78.7 Å². The highest BCUT2D eigenvalue weighted by atomic mass is 16.6. The lowest BCUT2D eigenvalue weighted by molar-refractivity contribution is -0.386. The van der Waals surface area contributed by atoms with Gasteiger partial charge in [-0.15, -0.1) is 0 Å². The van der Waals surface area contributed by atoms with Gasteiger partial charge in [0.2, 0.25) is 5.75 Å². The maximum atomic E-state index is 11.8. The van der Waals surface area contributed by atoms with Crippen LogP contribution in [0.4, 0.5) is 5.69 Å². The van der Waals surface area contributed by atoms with E-state index in [2.05, 4.69) is 0 Å². The van der Waals surface area contributed by atoms with Crippen LogP contribution in [0.3, 0.4) is 0 Å². The molecule has 0 aliphatic heterocycles. The van der Waals surface area contributed by atoms with Crippen LogP contribution in [0.25, 0.3) is 0 Å². The summed E-state index contributed by atoms with van der Waals surface area (Å²) in [5.74, 6) is 0.00180. The number of hydrogen-bond acceptors (Lipinski definition) is 5. The number of nitro benzene ring substituents is 1. The Hall–Kier alpha value is -2.89. The first-order chi connectivity index (χ1) is 11.1. The molecule has 0 aliphatic carbocycles. The first kappa shape index (κ1) is 16.5. The highest BCUT2D eigenvalue weighted by Crippen LogP contribution is 2.39. The number of carbonyl (C=O) groups is 1. The van der Waals surface area contributed by atoms with Gasteiger partial charge in [0.15, 0.2) is 11.5 Å². The van der Waals surface area contributed by atoms with Gasteiger partial charge >= 0.3 is 5.69 Å². The molecule has 0 saturated heterocycles. The van der Waals surface area contributed by atoms with Crippen molar-refractivity contribution in [3.63, 3.8) is 0 Å². The normalized spacial score (nSPS) is 10.2. The van der Waals surface area contributed by atoms with Crippen LogP contribution in [0.5, 0.6) is 11.5 Å². The maximum absolute atomic E-state index is 11.8. The second-order valence-electron chi connectivity index (χ2n) is 4.83. The van der Waals surface area contributed by atoms with E-state index in [-0.39, 0.29) is 41.6 Å². The van der Waals surface area contributed by atoms with Crippen molar-refractivity contribution in [1.82, 2.24) is 0 Å². The Morgan fingerprint density at radius 1 is 1.22 bits per heavy atom. The van der Waals surface area contributed by atoms with E-state index in [1.807, 2.05) is 30.3 Å². The molecule has 6 nitrogen and oxygen atoms in total. The lowest BCUT2D eigenvalue weighted by Crippen LogP contribution is -2.05. The third-order valence-corrected chi connectivity index (χ3v) is 3.32. The molecule has 0 N–H and O–H groups in total. The van der Waals surface area contributed by atoms with E-state index >= 15 is 0 Å². The molecule has 0 bridgehead atoms. The molecule has 0 aromatic heterocycles. The van der Waals surface area contributed by atoms with Crippen molar-refractivity contribution in [3.8, 4) is 11.5 Å². The maximum Gasteiger partial charge on any atom is 0.315 e. The van der Waals surface area contributed by atoms with E-state index in [1.54, 1.807) is 6.92 Å². The molecule has 0 amide bonds. The van der Waals surface area contributed by atoms with E-state index in [1.165, 1.54) is 19.2 Å². The monoisotopic (exact) mass is 315 g/mol. The average molecular weight is 315 g/mol. The fraction of sp³-hybridized carbons (Fsp3) is 0.235. The van der Waals surface area contributed by atoms with Crippen LogP contribution in [0, 0.1) is 10.1 Å². The Morgan fingerprint density at radius 2 is 1.91 bits per heavy atom. The number of methoxy groups -OCH3 is 1. The number of ketones is 1. The largest absolute Gasteiger partial charge is 0.493 e. The van der Waals surface area contributed by atoms with Gasteiger partial charge < -0.3 is 9.47 Å². The van der Waals surface area contributed by atoms with Crippen LogP contribution in [0.2, 0.25) is 0 Å². The number of nitro groups is 1. The van der Waals surface area contributed by atoms with Gasteiger partial charge in [-0.1, -0.05) is 37.3 Å². The molecule has 0 aliphatic rings. The summed E-state index contributed by atoms with van der Waals surface area (Å²) in [6.07, 6.45) is 0.254. The van der Waals surface area contributed by atoms with Gasteiger partial charge in [0, 0.05) is 18.1 Å². The van der Waals surface area contributed by atoms with Crippen LogP contribution in [0.1, 0.15) is 29.3 Å². The van der Waals surface area contributed by atoms with Gasteiger partial charge in [-0.3, -0.25) is 14.9 Å². The molecule has 2 rings (SSSR count). The average Bonchev–Trinajstić information content (AvgIpc) is 2.59. The van der Waals surface area contributed by atoms with Gasteiger partial charge in [0.05, 0.1) is 12.0 Å². The predicted molar refractivity (Wildman–Crippen MR) is 85.0 cm³/mol.